The third-order valence-corrected chi connectivity index (χ3v) is 4.07. The predicted octanol–water partition coefficient (Wildman–Crippen LogP) is 2.61. The summed E-state index contributed by atoms with van der Waals surface area (Å²) in [7, 11) is 4.08. The van der Waals surface area contributed by atoms with Crippen LogP contribution >= 0.6 is 0 Å². The van der Waals surface area contributed by atoms with Gasteiger partial charge in [-0.3, -0.25) is 0 Å². The van der Waals surface area contributed by atoms with Crippen LogP contribution in [-0.4, -0.2) is 43.3 Å². The molecule has 24 heavy (non-hydrogen) atoms. The number of nitrogens with one attached hydrogen (secondary N) is 2. The van der Waals surface area contributed by atoms with Crippen molar-refractivity contribution in [1.29, 1.82) is 0 Å². The van der Waals surface area contributed by atoms with Crippen LogP contribution in [0.2, 0.25) is 0 Å². The molecule has 5 nitrogen and oxygen atoms in total. The van der Waals surface area contributed by atoms with Crippen LogP contribution in [0, 0.1) is 5.82 Å². The SMILES string of the molecule is CN(C)CCNc1cc(C2C=NNC2c2ccc(F)cc2)ccn1. The molecule has 0 saturated carbocycles. The summed E-state index contributed by atoms with van der Waals surface area (Å²) >= 11 is 0. The summed E-state index contributed by atoms with van der Waals surface area (Å²) < 4.78 is 13.2. The van der Waals surface area contributed by atoms with Gasteiger partial charge in [0.25, 0.3) is 0 Å². The van der Waals surface area contributed by atoms with Crippen molar-refractivity contribution in [1.82, 2.24) is 15.3 Å². The smallest absolute Gasteiger partial charge is 0.126 e. The lowest BCUT2D eigenvalue weighted by atomic mass is 9.89. The van der Waals surface area contributed by atoms with Crippen molar-refractivity contribution in [3.8, 4) is 0 Å². The molecule has 0 aliphatic carbocycles. The Bertz CT molecular complexity index is 699. The number of hydrogen-bond acceptors (Lipinski definition) is 5. The van der Waals surface area contributed by atoms with Gasteiger partial charge in [-0.25, -0.2) is 9.37 Å². The van der Waals surface area contributed by atoms with E-state index < -0.39 is 0 Å². The number of halogens is 1. The zero-order valence-electron chi connectivity index (χ0n) is 13.9. The minimum Gasteiger partial charge on any atom is -0.369 e. The number of benzene rings is 1. The molecule has 2 unspecified atom stereocenters. The lowest BCUT2D eigenvalue weighted by Crippen LogP contribution is -2.21. The highest BCUT2D eigenvalue weighted by Crippen LogP contribution is 2.33. The monoisotopic (exact) mass is 327 g/mol. The molecule has 1 aliphatic heterocycles. The van der Waals surface area contributed by atoms with E-state index in [2.05, 4.69) is 31.8 Å². The molecule has 126 valence electrons. The van der Waals surface area contributed by atoms with Gasteiger partial charge < -0.3 is 15.6 Å². The number of hydrogen-bond donors (Lipinski definition) is 2. The summed E-state index contributed by atoms with van der Waals surface area (Å²) in [6, 6.07) is 10.6. The largest absolute Gasteiger partial charge is 0.369 e. The Morgan fingerprint density at radius 3 is 2.71 bits per heavy atom. The third kappa shape index (κ3) is 3.89. The molecule has 3 rings (SSSR count). The number of rotatable bonds is 6. The van der Waals surface area contributed by atoms with E-state index in [1.807, 2.05) is 26.4 Å². The molecule has 1 aliphatic rings. The van der Waals surface area contributed by atoms with Crippen molar-refractivity contribution >= 4 is 12.0 Å². The summed E-state index contributed by atoms with van der Waals surface area (Å²) in [6.45, 7) is 1.78. The highest BCUT2D eigenvalue weighted by atomic mass is 19.1. The minimum absolute atomic E-state index is 0.00243. The van der Waals surface area contributed by atoms with Crippen LogP contribution in [0.25, 0.3) is 0 Å². The first kappa shape index (κ1) is 16.4. The number of hydrazone groups is 1. The van der Waals surface area contributed by atoms with Gasteiger partial charge in [0.2, 0.25) is 0 Å². The zero-order chi connectivity index (χ0) is 16.9. The molecule has 0 bridgehead atoms. The van der Waals surface area contributed by atoms with Gasteiger partial charge in [0.05, 0.1) is 6.04 Å². The number of anilines is 1. The Kier molecular flexibility index (Phi) is 5.05. The van der Waals surface area contributed by atoms with Crippen LogP contribution in [0.3, 0.4) is 0 Å². The molecule has 0 spiro atoms. The molecule has 0 amide bonds. The van der Waals surface area contributed by atoms with Crippen molar-refractivity contribution < 1.29 is 4.39 Å². The van der Waals surface area contributed by atoms with E-state index >= 15 is 0 Å². The van der Waals surface area contributed by atoms with Crippen molar-refractivity contribution in [2.24, 2.45) is 5.10 Å². The maximum Gasteiger partial charge on any atom is 0.126 e. The van der Waals surface area contributed by atoms with Crippen LogP contribution in [-0.2, 0) is 0 Å². The van der Waals surface area contributed by atoms with Crippen LogP contribution in [0.5, 0.6) is 0 Å². The molecule has 2 atom stereocenters. The number of aromatic nitrogens is 1. The van der Waals surface area contributed by atoms with E-state index in [4.69, 9.17) is 0 Å². The summed E-state index contributed by atoms with van der Waals surface area (Å²) in [4.78, 5) is 6.49. The molecule has 2 aromatic rings. The highest BCUT2D eigenvalue weighted by molar-refractivity contribution is 5.72. The second-order valence-electron chi connectivity index (χ2n) is 6.17. The van der Waals surface area contributed by atoms with Gasteiger partial charge in [0, 0.05) is 31.4 Å². The first-order chi connectivity index (χ1) is 11.6. The fourth-order valence-corrected chi connectivity index (χ4v) is 2.76. The van der Waals surface area contributed by atoms with Gasteiger partial charge in [-0.05, 0) is 49.5 Å². The van der Waals surface area contributed by atoms with Gasteiger partial charge in [0.1, 0.15) is 11.6 Å². The second kappa shape index (κ2) is 7.40. The highest BCUT2D eigenvalue weighted by Gasteiger charge is 2.27. The average molecular weight is 327 g/mol. The Hall–Kier alpha value is -2.47. The zero-order valence-corrected chi connectivity index (χ0v) is 13.9. The van der Waals surface area contributed by atoms with Crippen molar-refractivity contribution in [2.45, 2.75) is 12.0 Å². The normalized spacial score (nSPS) is 19.5. The van der Waals surface area contributed by atoms with Crippen LogP contribution in [0.1, 0.15) is 23.1 Å². The van der Waals surface area contributed by atoms with Crippen molar-refractivity contribution in [2.75, 3.05) is 32.5 Å². The van der Waals surface area contributed by atoms with E-state index in [-0.39, 0.29) is 17.8 Å². The molecule has 2 heterocycles. The molecular formula is C18H22FN5. The van der Waals surface area contributed by atoms with Crippen LogP contribution < -0.4 is 10.7 Å². The predicted molar refractivity (Wildman–Crippen MR) is 94.8 cm³/mol. The summed E-state index contributed by atoms with van der Waals surface area (Å²) in [6.07, 6.45) is 3.70. The molecule has 6 heteroatoms. The fraction of sp³-hybridized carbons (Fsp3) is 0.333. The number of likely N-dealkylation sites (N-methyl/N-ethyl adjacent to an activating group) is 1. The summed E-state index contributed by atoms with van der Waals surface area (Å²) in [5.41, 5.74) is 5.26. The maximum atomic E-state index is 13.2. The lowest BCUT2D eigenvalue weighted by molar-refractivity contribution is 0.425. The number of nitrogens with zero attached hydrogens (tertiary/aromatic N) is 3. The fourth-order valence-electron chi connectivity index (χ4n) is 2.76. The standard InChI is InChI=1S/C18H22FN5/c1-24(2)10-9-21-17-11-14(7-8-20-17)16-12-22-23-18(16)13-3-5-15(19)6-4-13/h3-8,11-12,16,18,23H,9-10H2,1-2H3,(H,20,21). The Labute approximate surface area is 141 Å². The van der Waals surface area contributed by atoms with E-state index in [1.165, 1.54) is 12.1 Å². The van der Waals surface area contributed by atoms with E-state index in [0.717, 1.165) is 30.0 Å². The van der Waals surface area contributed by atoms with Gasteiger partial charge in [-0.15, -0.1) is 0 Å². The molecule has 0 fully saturated rings. The Morgan fingerprint density at radius 1 is 1.17 bits per heavy atom. The second-order valence-corrected chi connectivity index (χ2v) is 6.17. The third-order valence-electron chi connectivity index (χ3n) is 4.07. The minimum atomic E-state index is -0.231. The van der Waals surface area contributed by atoms with E-state index in [0.29, 0.717) is 0 Å². The summed E-state index contributed by atoms with van der Waals surface area (Å²) in [5.74, 6) is 0.714. The van der Waals surface area contributed by atoms with Gasteiger partial charge in [-0.1, -0.05) is 12.1 Å². The quantitative estimate of drug-likeness (QED) is 0.856. The lowest BCUT2D eigenvalue weighted by Gasteiger charge is -2.19. The molecule has 1 aromatic heterocycles. The van der Waals surface area contributed by atoms with Gasteiger partial charge in [0.15, 0.2) is 0 Å². The summed E-state index contributed by atoms with van der Waals surface area (Å²) in [5, 5.41) is 7.55. The van der Waals surface area contributed by atoms with Gasteiger partial charge >= 0.3 is 0 Å². The van der Waals surface area contributed by atoms with Crippen molar-refractivity contribution in [3.05, 3.63) is 59.5 Å². The van der Waals surface area contributed by atoms with Gasteiger partial charge in [-0.2, -0.15) is 5.10 Å². The van der Waals surface area contributed by atoms with E-state index in [9.17, 15) is 4.39 Å². The first-order valence-electron chi connectivity index (χ1n) is 8.02. The van der Waals surface area contributed by atoms with Crippen LogP contribution in [0.15, 0.2) is 47.7 Å². The van der Waals surface area contributed by atoms with E-state index in [1.54, 1.807) is 18.3 Å². The number of pyridine rings is 1. The topological polar surface area (TPSA) is 52.5 Å². The molecule has 0 saturated heterocycles. The van der Waals surface area contributed by atoms with Crippen molar-refractivity contribution in [3.63, 3.8) is 0 Å². The maximum absolute atomic E-state index is 13.2. The van der Waals surface area contributed by atoms with Crippen LogP contribution in [0.4, 0.5) is 10.2 Å². The Balaban J connectivity index is 1.74. The molecule has 1 aromatic carbocycles. The average Bonchev–Trinajstić information content (AvgIpc) is 3.05. The Morgan fingerprint density at radius 2 is 1.96 bits per heavy atom. The molecular weight excluding hydrogens is 305 g/mol. The molecule has 2 N–H and O–H groups in total. The first-order valence-corrected chi connectivity index (χ1v) is 8.02. The molecule has 0 radical (unpaired) electrons.